The largest absolute Gasteiger partial charge is 0.378 e. The predicted octanol–water partition coefficient (Wildman–Crippen LogP) is 0.118. The SMILES string of the molecule is CCN1CCCC1CN=C(N)N1CCOCC1. The molecular weight excluding hydrogens is 216 g/mol. The van der Waals surface area contributed by atoms with Crippen LogP contribution in [0.5, 0.6) is 0 Å². The molecule has 0 aromatic rings. The van der Waals surface area contributed by atoms with Crippen LogP contribution in [-0.2, 0) is 4.74 Å². The molecule has 2 N–H and O–H groups in total. The van der Waals surface area contributed by atoms with E-state index < -0.39 is 0 Å². The molecule has 0 spiro atoms. The maximum Gasteiger partial charge on any atom is 0.191 e. The number of hydrogen-bond acceptors (Lipinski definition) is 3. The van der Waals surface area contributed by atoms with Gasteiger partial charge in [-0.05, 0) is 25.9 Å². The highest BCUT2D eigenvalue weighted by atomic mass is 16.5. The van der Waals surface area contributed by atoms with Gasteiger partial charge in [-0.2, -0.15) is 0 Å². The highest BCUT2D eigenvalue weighted by Gasteiger charge is 2.22. The van der Waals surface area contributed by atoms with Crippen molar-refractivity contribution in [2.24, 2.45) is 10.7 Å². The van der Waals surface area contributed by atoms with Gasteiger partial charge in [-0.15, -0.1) is 0 Å². The van der Waals surface area contributed by atoms with Crippen LogP contribution < -0.4 is 5.73 Å². The van der Waals surface area contributed by atoms with Crippen molar-refractivity contribution < 1.29 is 4.74 Å². The van der Waals surface area contributed by atoms with Gasteiger partial charge in [0, 0.05) is 19.1 Å². The minimum absolute atomic E-state index is 0.597. The predicted molar refractivity (Wildman–Crippen MR) is 69.2 cm³/mol. The average molecular weight is 240 g/mol. The molecule has 98 valence electrons. The molecule has 2 rings (SSSR count). The summed E-state index contributed by atoms with van der Waals surface area (Å²) >= 11 is 0. The summed E-state index contributed by atoms with van der Waals surface area (Å²) in [7, 11) is 0. The summed E-state index contributed by atoms with van der Waals surface area (Å²) in [5, 5.41) is 0. The molecule has 0 aliphatic carbocycles. The van der Waals surface area contributed by atoms with Gasteiger partial charge in [0.1, 0.15) is 0 Å². The molecule has 0 bridgehead atoms. The van der Waals surface area contributed by atoms with E-state index >= 15 is 0 Å². The molecule has 1 atom stereocenters. The Morgan fingerprint density at radius 2 is 2.12 bits per heavy atom. The van der Waals surface area contributed by atoms with Crippen LogP contribution in [0.4, 0.5) is 0 Å². The van der Waals surface area contributed by atoms with Crippen molar-refractivity contribution >= 4 is 5.96 Å². The first-order chi connectivity index (χ1) is 8.31. The van der Waals surface area contributed by atoms with E-state index in [0.717, 1.165) is 39.4 Å². The van der Waals surface area contributed by atoms with E-state index in [4.69, 9.17) is 10.5 Å². The zero-order chi connectivity index (χ0) is 12.1. The molecule has 5 heteroatoms. The second-order valence-electron chi connectivity index (χ2n) is 4.72. The number of likely N-dealkylation sites (N-methyl/N-ethyl adjacent to an activating group) is 1. The lowest BCUT2D eigenvalue weighted by Gasteiger charge is -2.28. The van der Waals surface area contributed by atoms with E-state index in [2.05, 4.69) is 21.7 Å². The first kappa shape index (κ1) is 12.6. The summed E-state index contributed by atoms with van der Waals surface area (Å²) in [5.74, 6) is 0.691. The molecule has 1 unspecified atom stereocenters. The number of guanidine groups is 1. The fraction of sp³-hybridized carbons (Fsp3) is 0.917. The number of hydrogen-bond donors (Lipinski definition) is 1. The van der Waals surface area contributed by atoms with Crippen molar-refractivity contribution in [3.05, 3.63) is 0 Å². The van der Waals surface area contributed by atoms with Crippen molar-refractivity contribution in [2.45, 2.75) is 25.8 Å². The highest BCUT2D eigenvalue weighted by Crippen LogP contribution is 2.16. The van der Waals surface area contributed by atoms with Crippen molar-refractivity contribution in [3.8, 4) is 0 Å². The van der Waals surface area contributed by atoms with Crippen LogP contribution in [0.1, 0.15) is 19.8 Å². The van der Waals surface area contributed by atoms with Gasteiger partial charge >= 0.3 is 0 Å². The van der Waals surface area contributed by atoms with Crippen molar-refractivity contribution in [1.82, 2.24) is 9.80 Å². The smallest absolute Gasteiger partial charge is 0.191 e. The normalized spacial score (nSPS) is 27.7. The fourth-order valence-corrected chi connectivity index (χ4v) is 2.61. The van der Waals surface area contributed by atoms with Gasteiger partial charge in [0.15, 0.2) is 5.96 Å². The van der Waals surface area contributed by atoms with E-state index in [-0.39, 0.29) is 0 Å². The van der Waals surface area contributed by atoms with Crippen LogP contribution in [0, 0.1) is 0 Å². The van der Waals surface area contributed by atoms with Crippen molar-refractivity contribution in [3.63, 3.8) is 0 Å². The standard InChI is InChI=1S/C12H24N4O/c1-2-15-5-3-4-11(15)10-14-12(13)16-6-8-17-9-7-16/h11H,2-10H2,1H3,(H2,13,14). The minimum Gasteiger partial charge on any atom is -0.378 e. The third kappa shape index (κ3) is 3.33. The third-order valence-electron chi connectivity index (χ3n) is 3.70. The van der Waals surface area contributed by atoms with Gasteiger partial charge in [0.2, 0.25) is 0 Å². The average Bonchev–Trinajstić information content (AvgIpc) is 2.84. The monoisotopic (exact) mass is 240 g/mol. The molecule has 2 aliphatic heterocycles. The highest BCUT2D eigenvalue weighted by molar-refractivity contribution is 5.78. The molecular formula is C12H24N4O. The van der Waals surface area contributed by atoms with E-state index in [9.17, 15) is 0 Å². The lowest BCUT2D eigenvalue weighted by atomic mass is 10.2. The van der Waals surface area contributed by atoms with Crippen LogP contribution in [0.25, 0.3) is 0 Å². The number of likely N-dealkylation sites (tertiary alicyclic amines) is 1. The van der Waals surface area contributed by atoms with Gasteiger partial charge < -0.3 is 15.4 Å². The summed E-state index contributed by atoms with van der Waals surface area (Å²) in [6.45, 7) is 8.67. The molecule has 2 fully saturated rings. The molecule has 0 aromatic heterocycles. The molecule has 5 nitrogen and oxygen atoms in total. The Balaban J connectivity index is 1.82. The molecule has 0 amide bonds. The Labute approximate surface area is 104 Å². The fourth-order valence-electron chi connectivity index (χ4n) is 2.61. The van der Waals surface area contributed by atoms with Crippen molar-refractivity contribution in [1.29, 1.82) is 0 Å². The number of ether oxygens (including phenoxy) is 1. The van der Waals surface area contributed by atoms with E-state index in [1.165, 1.54) is 19.4 Å². The Hall–Kier alpha value is -0.810. The Bertz CT molecular complexity index is 263. The molecule has 2 aliphatic rings. The van der Waals surface area contributed by atoms with Gasteiger partial charge in [-0.3, -0.25) is 9.89 Å². The summed E-state index contributed by atoms with van der Waals surface area (Å²) < 4.78 is 5.30. The zero-order valence-electron chi connectivity index (χ0n) is 10.8. The molecule has 0 radical (unpaired) electrons. The van der Waals surface area contributed by atoms with E-state index in [1.807, 2.05) is 0 Å². The Morgan fingerprint density at radius 3 is 2.82 bits per heavy atom. The van der Waals surface area contributed by atoms with Crippen LogP contribution in [0.15, 0.2) is 4.99 Å². The second-order valence-corrected chi connectivity index (χ2v) is 4.72. The second kappa shape index (κ2) is 6.21. The van der Waals surface area contributed by atoms with E-state index in [1.54, 1.807) is 0 Å². The number of rotatable bonds is 3. The summed E-state index contributed by atoms with van der Waals surface area (Å²) in [4.78, 5) is 9.17. The molecule has 2 heterocycles. The van der Waals surface area contributed by atoms with Gasteiger partial charge in [0.05, 0.1) is 19.8 Å². The van der Waals surface area contributed by atoms with E-state index in [0.29, 0.717) is 12.0 Å². The quantitative estimate of drug-likeness (QED) is 0.562. The molecule has 17 heavy (non-hydrogen) atoms. The first-order valence-corrected chi connectivity index (χ1v) is 6.68. The molecule has 2 saturated heterocycles. The first-order valence-electron chi connectivity index (χ1n) is 6.68. The Morgan fingerprint density at radius 1 is 1.35 bits per heavy atom. The van der Waals surface area contributed by atoms with Crippen molar-refractivity contribution in [2.75, 3.05) is 45.9 Å². The molecule has 0 aromatic carbocycles. The van der Waals surface area contributed by atoms with Crippen LogP contribution in [0.2, 0.25) is 0 Å². The van der Waals surface area contributed by atoms with Gasteiger partial charge in [0.25, 0.3) is 0 Å². The maximum absolute atomic E-state index is 6.02. The number of nitrogens with two attached hydrogens (primary N) is 1. The number of morpholine rings is 1. The summed E-state index contributed by atoms with van der Waals surface area (Å²) in [6.07, 6.45) is 2.55. The van der Waals surface area contributed by atoms with Crippen LogP contribution >= 0.6 is 0 Å². The van der Waals surface area contributed by atoms with Crippen LogP contribution in [0.3, 0.4) is 0 Å². The van der Waals surface area contributed by atoms with Gasteiger partial charge in [-0.1, -0.05) is 6.92 Å². The van der Waals surface area contributed by atoms with Crippen LogP contribution in [-0.4, -0.2) is 67.7 Å². The topological polar surface area (TPSA) is 54.1 Å². The number of nitrogens with zero attached hydrogens (tertiary/aromatic N) is 3. The zero-order valence-corrected chi connectivity index (χ0v) is 10.8. The lowest BCUT2D eigenvalue weighted by molar-refractivity contribution is 0.0673. The molecule has 0 saturated carbocycles. The summed E-state index contributed by atoms with van der Waals surface area (Å²) in [6, 6.07) is 0.597. The van der Waals surface area contributed by atoms with Gasteiger partial charge in [-0.25, -0.2) is 0 Å². The number of aliphatic imine (C=N–C) groups is 1. The maximum atomic E-state index is 6.02. The third-order valence-corrected chi connectivity index (χ3v) is 3.70. The minimum atomic E-state index is 0.597. The Kier molecular flexibility index (Phi) is 4.62. The summed E-state index contributed by atoms with van der Waals surface area (Å²) in [5.41, 5.74) is 6.02. The lowest BCUT2D eigenvalue weighted by Crippen LogP contribution is -2.45.